The fourth-order valence-corrected chi connectivity index (χ4v) is 1.12. The number of aliphatic hydroxyl groups excluding tert-OH is 1. The third-order valence-corrected chi connectivity index (χ3v) is 1.76. The van der Waals surface area contributed by atoms with Crippen molar-refractivity contribution in [2.75, 3.05) is 26.4 Å². The first-order chi connectivity index (χ1) is 8.30. The lowest BCUT2D eigenvalue weighted by molar-refractivity contribution is 0.274. The molecule has 1 aromatic rings. The highest BCUT2D eigenvalue weighted by molar-refractivity contribution is 5.05. The van der Waals surface area contributed by atoms with E-state index in [0.717, 1.165) is 0 Å². The maximum Gasteiger partial charge on any atom is 0.322 e. The van der Waals surface area contributed by atoms with Gasteiger partial charge in [-0.3, -0.25) is 0 Å². The monoisotopic (exact) mass is 242 g/mol. The topological polar surface area (TPSA) is 89.4 Å². The number of nitrogens with one attached hydrogen (secondary N) is 1. The van der Waals surface area contributed by atoms with Crippen LogP contribution < -0.4 is 14.8 Å². The lowest BCUT2D eigenvalue weighted by Crippen LogP contribution is -2.20. The molecule has 0 amide bonds. The average Bonchev–Trinajstić information content (AvgIpc) is 2.30. The molecule has 0 unspecified atom stereocenters. The van der Waals surface area contributed by atoms with Gasteiger partial charge >= 0.3 is 12.0 Å². The van der Waals surface area contributed by atoms with E-state index >= 15 is 0 Å². The Balaban J connectivity index is 2.72. The molecule has 0 spiro atoms. The Bertz CT molecular complexity index is 311. The molecule has 0 saturated heterocycles. The van der Waals surface area contributed by atoms with Gasteiger partial charge in [-0.05, 0) is 13.8 Å². The Labute approximate surface area is 100 Å². The minimum Gasteiger partial charge on any atom is -0.464 e. The van der Waals surface area contributed by atoms with Crippen LogP contribution in [0.4, 0.5) is 0 Å². The van der Waals surface area contributed by atoms with Gasteiger partial charge in [0.25, 0.3) is 0 Å². The van der Waals surface area contributed by atoms with Crippen molar-refractivity contribution in [1.29, 1.82) is 0 Å². The number of aromatic nitrogens is 3. The summed E-state index contributed by atoms with van der Waals surface area (Å²) in [6.45, 7) is 5.67. The predicted molar refractivity (Wildman–Crippen MR) is 61.0 cm³/mol. The third kappa shape index (κ3) is 4.92. The van der Waals surface area contributed by atoms with Crippen LogP contribution in [0.5, 0.6) is 12.0 Å². The molecular weight excluding hydrogens is 224 g/mol. The molecule has 7 heteroatoms. The van der Waals surface area contributed by atoms with Crippen molar-refractivity contribution in [3.8, 4) is 12.0 Å². The van der Waals surface area contributed by atoms with Gasteiger partial charge in [0.1, 0.15) is 0 Å². The van der Waals surface area contributed by atoms with Crippen molar-refractivity contribution < 1.29 is 14.6 Å². The molecule has 96 valence electrons. The quantitative estimate of drug-likeness (QED) is 0.607. The number of rotatable bonds is 8. The van der Waals surface area contributed by atoms with Crippen LogP contribution in [0.1, 0.15) is 19.7 Å². The van der Waals surface area contributed by atoms with Crippen LogP contribution in [-0.2, 0) is 6.54 Å². The predicted octanol–water partition coefficient (Wildman–Crippen LogP) is -0.249. The summed E-state index contributed by atoms with van der Waals surface area (Å²) in [5.41, 5.74) is 0. The summed E-state index contributed by atoms with van der Waals surface area (Å²) in [7, 11) is 0. The zero-order valence-electron chi connectivity index (χ0n) is 10.1. The van der Waals surface area contributed by atoms with E-state index in [-0.39, 0.29) is 18.6 Å². The van der Waals surface area contributed by atoms with Crippen LogP contribution in [0, 0.1) is 0 Å². The molecule has 17 heavy (non-hydrogen) atoms. The van der Waals surface area contributed by atoms with Crippen molar-refractivity contribution in [3.05, 3.63) is 5.82 Å². The van der Waals surface area contributed by atoms with Gasteiger partial charge in [-0.1, -0.05) is 0 Å². The van der Waals surface area contributed by atoms with Gasteiger partial charge in [0, 0.05) is 6.54 Å². The molecule has 0 aromatic carbocycles. The number of aliphatic hydroxyl groups is 1. The lowest BCUT2D eigenvalue weighted by atomic mass is 10.5. The van der Waals surface area contributed by atoms with Crippen LogP contribution in [0.3, 0.4) is 0 Å². The maximum atomic E-state index is 8.66. The van der Waals surface area contributed by atoms with Crippen LogP contribution in [-0.4, -0.2) is 46.4 Å². The molecule has 1 rings (SSSR count). The molecule has 0 aliphatic carbocycles. The molecule has 1 aromatic heterocycles. The van der Waals surface area contributed by atoms with Gasteiger partial charge in [0.05, 0.1) is 26.4 Å². The van der Waals surface area contributed by atoms with Gasteiger partial charge in [0.15, 0.2) is 5.82 Å². The van der Waals surface area contributed by atoms with E-state index in [1.807, 2.05) is 13.8 Å². The molecule has 7 nitrogen and oxygen atoms in total. The molecule has 0 aliphatic heterocycles. The molecule has 0 bridgehead atoms. The largest absolute Gasteiger partial charge is 0.464 e. The van der Waals surface area contributed by atoms with Crippen LogP contribution >= 0.6 is 0 Å². The van der Waals surface area contributed by atoms with E-state index in [0.29, 0.717) is 32.1 Å². The normalized spacial score (nSPS) is 10.3. The first kappa shape index (κ1) is 13.6. The summed E-state index contributed by atoms with van der Waals surface area (Å²) < 4.78 is 10.4. The Morgan fingerprint density at radius 3 is 2.12 bits per heavy atom. The summed E-state index contributed by atoms with van der Waals surface area (Å²) in [5, 5.41) is 11.6. The summed E-state index contributed by atoms with van der Waals surface area (Å²) >= 11 is 0. The van der Waals surface area contributed by atoms with Gasteiger partial charge in [-0.2, -0.15) is 9.97 Å². The van der Waals surface area contributed by atoms with Crippen molar-refractivity contribution >= 4 is 0 Å². The molecule has 0 radical (unpaired) electrons. The molecule has 0 fully saturated rings. The van der Waals surface area contributed by atoms with Gasteiger partial charge in [-0.15, -0.1) is 4.98 Å². The average molecular weight is 242 g/mol. The van der Waals surface area contributed by atoms with Crippen molar-refractivity contribution in [2.45, 2.75) is 20.4 Å². The number of hydrogen-bond acceptors (Lipinski definition) is 7. The molecule has 1 heterocycles. The standard InChI is InChI=1S/C10H18N4O3/c1-3-16-9-12-8(7-11-5-6-15)13-10(14-9)17-4-2/h11,15H,3-7H2,1-2H3. The zero-order valence-corrected chi connectivity index (χ0v) is 10.1. The molecule has 0 atom stereocenters. The van der Waals surface area contributed by atoms with E-state index < -0.39 is 0 Å². The minimum atomic E-state index is 0.0711. The van der Waals surface area contributed by atoms with Crippen molar-refractivity contribution in [1.82, 2.24) is 20.3 Å². The van der Waals surface area contributed by atoms with E-state index in [4.69, 9.17) is 14.6 Å². The summed E-state index contributed by atoms with van der Waals surface area (Å²) in [6.07, 6.45) is 0. The first-order valence-electron chi connectivity index (χ1n) is 5.62. The van der Waals surface area contributed by atoms with Crippen LogP contribution in [0.25, 0.3) is 0 Å². The molecular formula is C10H18N4O3. The number of hydrogen-bond donors (Lipinski definition) is 2. The number of nitrogens with zero attached hydrogens (tertiary/aromatic N) is 3. The SMILES string of the molecule is CCOc1nc(CNCCO)nc(OCC)n1. The Kier molecular flexibility index (Phi) is 6.19. The summed E-state index contributed by atoms with van der Waals surface area (Å²) in [6, 6.07) is 0.512. The van der Waals surface area contributed by atoms with E-state index in [2.05, 4.69) is 20.3 Å². The highest BCUT2D eigenvalue weighted by Gasteiger charge is 2.07. The highest BCUT2D eigenvalue weighted by atomic mass is 16.5. The second-order valence-electron chi connectivity index (χ2n) is 3.08. The number of ether oxygens (including phenoxy) is 2. The van der Waals surface area contributed by atoms with Gasteiger partial charge in [-0.25, -0.2) is 0 Å². The maximum absolute atomic E-state index is 8.66. The van der Waals surface area contributed by atoms with Crippen molar-refractivity contribution in [3.63, 3.8) is 0 Å². The fourth-order valence-electron chi connectivity index (χ4n) is 1.12. The van der Waals surface area contributed by atoms with E-state index in [1.165, 1.54) is 0 Å². The lowest BCUT2D eigenvalue weighted by Gasteiger charge is -2.07. The second kappa shape index (κ2) is 7.75. The second-order valence-corrected chi connectivity index (χ2v) is 3.08. The molecule has 0 aliphatic rings. The van der Waals surface area contributed by atoms with E-state index in [1.54, 1.807) is 0 Å². The first-order valence-corrected chi connectivity index (χ1v) is 5.62. The molecule has 2 N–H and O–H groups in total. The van der Waals surface area contributed by atoms with Crippen LogP contribution in [0.15, 0.2) is 0 Å². The van der Waals surface area contributed by atoms with Gasteiger partial charge < -0.3 is 19.9 Å². The highest BCUT2D eigenvalue weighted by Crippen LogP contribution is 2.09. The molecule has 0 saturated carbocycles. The Hall–Kier alpha value is -1.47. The summed E-state index contributed by atoms with van der Waals surface area (Å²) in [5.74, 6) is 0.528. The summed E-state index contributed by atoms with van der Waals surface area (Å²) in [4.78, 5) is 12.2. The third-order valence-electron chi connectivity index (χ3n) is 1.76. The zero-order chi connectivity index (χ0) is 12.5. The smallest absolute Gasteiger partial charge is 0.322 e. The Morgan fingerprint density at radius 1 is 1.06 bits per heavy atom. The fraction of sp³-hybridized carbons (Fsp3) is 0.700. The minimum absolute atomic E-state index is 0.0711. The van der Waals surface area contributed by atoms with Crippen molar-refractivity contribution in [2.24, 2.45) is 0 Å². The van der Waals surface area contributed by atoms with Crippen LogP contribution in [0.2, 0.25) is 0 Å². The Morgan fingerprint density at radius 2 is 1.65 bits per heavy atom. The van der Waals surface area contributed by atoms with E-state index in [9.17, 15) is 0 Å². The van der Waals surface area contributed by atoms with Gasteiger partial charge in [0.2, 0.25) is 0 Å².